The Kier molecular flexibility index (Phi) is 9.78. The van der Waals surface area contributed by atoms with Crippen LogP contribution in [0.4, 0.5) is 0 Å². The number of carbonyl (C=O) groups is 2. The summed E-state index contributed by atoms with van der Waals surface area (Å²) in [5, 5.41) is 12.6. The van der Waals surface area contributed by atoms with E-state index in [1.54, 1.807) is 0 Å². The lowest BCUT2D eigenvalue weighted by atomic mass is 10.1. The fraction of sp³-hybridized carbons (Fsp3) is 0.385. The van der Waals surface area contributed by atoms with Gasteiger partial charge in [-0.15, -0.1) is 10.2 Å². The van der Waals surface area contributed by atoms with E-state index in [4.69, 9.17) is 16.3 Å². The number of sulfonamides is 1. The van der Waals surface area contributed by atoms with Gasteiger partial charge in [-0.05, 0) is 43.2 Å². The zero-order valence-electron chi connectivity index (χ0n) is 21.7. The number of ketones is 1. The quantitative estimate of drug-likeness (QED) is 0.205. The lowest BCUT2D eigenvalue weighted by molar-refractivity contribution is -0.118. The van der Waals surface area contributed by atoms with E-state index < -0.39 is 10.0 Å². The number of ether oxygens (including phenoxy) is 1. The summed E-state index contributed by atoms with van der Waals surface area (Å²) in [5.74, 6) is 0.509. The molecule has 1 N–H and O–H groups in total. The molecule has 0 saturated carbocycles. The standard InChI is InChI=1S/C26H30ClN5O5S2/c1-18-5-8-21(16-23(18)27)32-25(4-3-11-28-19(2)33)29-30-26(32)38-17-24(34)20-6-9-22(10-7-20)39(35,36)31-12-14-37-15-13-31/h5-10,16H,3-4,11-15,17H2,1-2H3,(H,28,33). The third-order valence-corrected chi connectivity index (χ3v) is 9.43. The molecule has 3 aromatic rings. The van der Waals surface area contributed by atoms with Gasteiger partial charge in [0.25, 0.3) is 0 Å². The maximum atomic E-state index is 13.0. The second-order valence-electron chi connectivity index (χ2n) is 9.01. The largest absolute Gasteiger partial charge is 0.379 e. The van der Waals surface area contributed by atoms with E-state index in [9.17, 15) is 18.0 Å². The molecule has 39 heavy (non-hydrogen) atoms. The number of aromatic nitrogens is 3. The van der Waals surface area contributed by atoms with Crippen molar-refractivity contribution in [2.24, 2.45) is 0 Å². The molecule has 1 aliphatic rings. The molecule has 0 atom stereocenters. The van der Waals surface area contributed by atoms with E-state index in [0.717, 1.165) is 11.3 Å². The van der Waals surface area contributed by atoms with E-state index in [0.29, 0.717) is 67.3 Å². The van der Waals surface area contributed by atoms with Crippen molar-refractivity contribution in [2.75, 3.05) is 38.6 Å². The van der Waals surface area contributed by atoms with Gasteiger partial charge >= 0.3 is 0 Å². The number of nitrogens with zero attached hydrogens (tertiary/aromatic N) is 4. The Hall–Kier alpha value is -2.77. The first-order valence-electron chi connectivity index (χ1n) is 12.5. The number of carbonyl (C=O) groups excluding carboxylic acids is 2. The summed E-state index contributed by atoms with van der Waals surface area (Å²) in [7, 11) is -3.63. The topological polar surface area (TPSA) is 123 Å². The molecule has 1 fully saturated rings. The number of hydrogen-bond donors (Lipinski definition) is 1. The Labute approximate surface area is 237 Å². The van der Waals surface area contributed by atoms with Gasteiger partial charge in [-0.1, -0.05) is 41.6 Å². The van der Waals surface area contributed by atoms with Crippen molar-refractivity contribution in [3.05, 3.63) is 64.4 Å². The molecule has 1 amide bonds. The molecule has 2 aromatic carbocycles. The number of thioether (sulfide) groups is 1. The first-order valence-corrected chi connectivity index (χ1v) is 15.3. The Balaban J connectivity index is 1.48. The highest BCUT2D eigenvalue weighted by Crippen LogP contribution is 2.27. The van der Waals surface area contributed by atoms with Crippen LogP contribution < -0.4 is 5.32 Å². The van der Waals surface area contributed by atoms with Crippen LogP contribution in [0.15, 0.2) is 52.5 Å². The average Bonchev–Trinajstić information content (AvgIpc) is 3.34. The monoisotopic (exact) mass is 591 g/mol. The highest BCUT2D eigenvalue weighted by molar-refractivity contribution is 7.99. The van der Waals surface area contributed by atoms with Gasteiger partial charge in [0, 0.05) is 43.6 Å². The molecule has 1 aromatic heterocycles. The van der Waals surface area contributed by atoms with Crippen LogP contribution in [0.3, 0.4) is 0 Å². The summed E-state index contributed by atoms with van der Waals surface area (Å²) < 4.78 is 34.2. The SMILES string of the molecule is CC(=O)NCCCc1nnc(SCC(=O)c2ccc(S(=O)(=O)N3CCOCC3)cc2)n1-c1ccc(C)c(Cl)c1. The minimum atomic E-state index is -3.63. The summed E-state index contributed by atoms with van der Waals surface area (Å²) in [5.41, 5.74) is 2.12. The molecule has 0 unspecified atom stereocenters. The van der Waals surface area contributed by atoms with Gasteiger partial charge in [-0.2, -0.15) is 4.31 Å². The van der Waals surface area contributed by atoms with Gasteiger partial charge in [0.2, 0.25) is 15.9 Å². The summed E-state index contributed by atoms with van der Waals surface area (Å²) in [4.78, 5) is 24.3. The number of halogens is 1. The maximum absolute atomic E-state index is 13.0. The molecule has 208 valence electrons. The zero-order valence-corrected chi connectivity index (χ0v) is 24.1. The molecule has 4 rings (SSSR count). The minimum Gasteiger partial charge on any atom is -0.379 e. The molecule has 0 radical (unpaired) electrons. The number of hydrogen-bond acceptors (Lipinski definition) is 8. The fourth-order valence-electron chi connectivity index (χ4n) is 4.01. The number of nitrogens with one attached hydrogen (secondary N) is 1. The van der Waals surface area contributed by atoms with Gasteiger partial charge in [-0.3, -0.25) is 14.2 Å². The first-order chi connectivity index (χ1) is 18.7. The molecule has 1 saturated heterocycles. The molecule has 13 heteroatoms. The smallest absolute Gasteiger partial charge is 0.243 e. The van der Waals surface area contributed by atoms with E-state index in [2.05, 4.69) is 15.5 Å². The highest BCUT2D eigenvalue weighted by Gasteiger charge is 2.26. The Morgan fingerprint density at radius 3 is 2.49 bits per heavy atom. The minimum absolute atomic E-state index is 0.0825. The van der Waals surface area contributed by atoms with Gasteiger partial charge in [0.15, 0.2) is 10.9 Å². The number of morpholine rings is 1. The van der Waals surface area contributed by atoms with Crippen molar-refractivity contribution in [3.63, 3.8) is 0 Å². The summed E-state index contributed by atoms with van der Waals surface area (Å²) in [6.45, 7) is 5.24. The van der Waals surface area contributed by atoms with Crippen LogP contribution in [-0.2, 0) is 26.0 Å². The second-order valence-corrected chi connectivity index (χ2v) is 12.3. The predicted octanol–water partition coefficient (Wildman–Crippen LogP) is 3.29. The molecular weight excluding hydrogens is 562 g/mol. The highest BCUT2D eigenvalue weighted by atomic mass is 35.5. The van der Waals surface area contributed by atoms with Crippen LogP contribution in [0.25, 0.3) is 5.69 Å². The van der Waals surface area contributed by atoms with E-state index >= 15 is 0 Å². The van der Waals surface area contributed by atoms with Crippen LogP contribution in [-0.4, -0.2) is 77.8 Å². The molecule has 2 heterocycles. The van der Waals surface area contributed by atoms with Gasteiger partial charge < -0.3 is 10.1 Å². The second kappa shape index (κ2) is 13.1. The third kappa shape index (κ3) is 7.25. The first kappa shape index (κ1) is 29.2. The molecule has 0 spiro atoms. The van der Waals surface area contributed by atoms with Crippen LogP contribution in [0.2, 0.25) is 5.02 Å². The van der Waals surface area contributed by atoms with Crippen molar-refractivity contribution in [1.82, 2.24) is 24.4 Å². The Morgan fingerprint density at radius 1 is 1.10 bits per heavy atom. The van der Waals surface area contributed by atoms with Crippen molar-refractivity contribution in [2.45, 2.75) is 36.7 Å². The van der Waals surface area contributed by atoms with Crippen LogP contribution in [0.5, 0.6) is 0 Å². The molecule has 0 aliphatic carbocycles. The number of aryl methyl sites for hydroxylation is 2. The lowest BCUT2D eigenvalue weighted by Crippen LogP contribution is -2.40. The molecule has 10 nitrogen and oxygen atoms in total. The lowest BCUT2D eigenvalue weighted by Gasteiger charge is -2.26. The summed E-state index contributed by atoms with van der Waals surface area (Å²) >= 11 is 7.62. The van der Waals surface area contributed by atoms with Gasteiger partial charge in [-0.25, -0.2) is 8.42 Å². The van der Waals surface area contributed by atoms with Crippen molar-refractivity contribution >= 4 is 45.1 Å². The van der Waals surface area contributed by atoms with Gasteiger partial charge in [0.1, 0.15) is 5.82 Å². The number of amides is 1. The summed E-state index contributed by atoms with van der Waals surface area (Å²) in [6.07, 6.45) is 1.23. The Bertz CT molecular complexity index is 1440. The maximum Gasteiger partial charge on any atom is 0.243 e. The molecular formula is C26H30ClN5O5S2. The van der Waals surface area contributed by atoms with Crippen molar-refractivity contribution < 1.29 is 22.7 Å². The fourth-order valence-corrected chi connectivity index (χ4v) is 6.46. The van der Waals surface area contributed by atoms with E-state index in [1.165, 1.54) is 47.3 Å². The number of benzene rings is 2. The van der Waals surface area contributed by atoms with Crippen LogP contribution >= 0.6 is 23.4 Å². The Morgan fingerprint density at radius 2 is 1.82 bits per heavy atom. The van der Waals surface area contributed by atoms with Crippen molar-refractivity contribution in [3.8, 4) is 5.69 Å². The average molecular weight is 592 g/mol. The van der Waals surface area contributed by atoms with Crippen LogP contribution in [0, 0.1) is 6.92 Å². The van der Waals surface area contributed by atoms with Crippen LogP contribution in [0.1, 0.15) is 35.1 Å². The van der Waals surface area contributed by atoms with Gasteiger partial charge in [0.05, 0.1) is 29.5 Å². The van der Waals surface area contributed by atoms with Crippen molar-refractivity contribution in [1.29, 1.82) is 0 Å². The molecule has 0 bridgehead atoms. The normalized spacial score (nSPS) is 14.3. The number of Topliss-reactive ketones (excluding diaryl/α,β-unsaturated/α-hetero) is 1. The molecule has 1 aliphatic heterocycles. The number of rotatable bonds is 11. The van der Waals surface area contributed by atoms with E-state index in [-0.39, 0.29) is 22.3 Å². The predicted molar refractivity (Wildman–Crippen MR) is 149 cm³/mol. The summed E-state index contributed by atoms with van der Waals surface area (Å²) in [6, 6.07) is 11.7. The zero-order chi connectivity index (χ0) is 28.0. The third-order valence-electron chi connectivity index (χ3n) is 6.18. The van der Waals surface area contributed by atoms with E-state index in [1.807, 2.05) is 29.7 Å².